The van der Waals surface area contributed by atoms with Gasteiger partial charge in [-0.15, -0.1) is 11.3 Å². The summed E-state index contributed by atoms with van der Waals surface area (Å²) < 4.78 is 13.9. The number of hydrogen-bond acceptors (Lipinski definition) is 5. The molecule has 1 atom stereocenters. The molecule has 0 radical (unpaired) electrons. The second-order valence-corrected chi connectivity index (χ2v) is 6.98. The van der Waals surface area contributed by atoms with E-state index < -0.39 is 10.7 Å². The lowest BCUT2D eigenvalue weighted by atomic mass is 10.1. The molecule has 3 aromatic rings. The van der Waals surface area contributed by atoms with Gasteiger partial charge in [-0.3, -0.25) is 14.9 Å². The Labute approximate surface area is 159 Å². The molecule has 0 spiro atoms. The summed E-state index contributed by atoms with van der Waals surface area (Å²) in [4.78, 5) is 29.3. The molecular weight excluding hydrogens is 369 g/mol. The first-order chi connectivity index (χ1) is 12.9. The predicted octanol–water partition coefficient (Wildman–Crippen LogP) is 4.69. The van der Waals surface area contributed by atoms with Gasteiger partial charge in [-0.25, -0.2) is 9.37 Å². The minimum Gasteiger partial charge on any atom is -0.334 e. The molecule has 0 saturated carbocycles. The highest BCUT2D eigenvalue weighted by atomic mass is 32.1. The minimum atomic E-state index is -0.470. The van der Waals surface area contributed by atoms with Crippen LogP contribution in [0.15, 0.2) is 54.7 Å². The zero-order valence-electron chi connectivity index (χ0n) is 14.6. The van der Waals surface area contributed by atoms with Gasteiger partial charge in [-0.1, -0.05) is 24.3 Å². The maximum atomic E-state index is 13.9. The van der Waals surface area contributed by atoms with E-state index in [4.69, 9.17) is 0 Å². The SMILES string of the molecule is CC(c1cccc([N+](=O)[O-])c1)N(C)C(=O)c1cnc(-c2ccccc2F)s1. The fourth-order valence-electron chi connectivity index (χ4n) is 2.60. The zero-order valence-corrected chi connectivity index (χ0v) is 15.4. The molecule has 1 amide bonds. The number of halogens is 1. The molecule has 0 N–H and O–H groups in total. The summed E-state index contributed by atoms with van der Waals surface area (Å²) >= 11 is 1.11. The number of carbonyl (C=O) groups excluding carboxylic acids is 1. The normalized spacial score (nSPS) is 11.8. The van der Waals surface area contributed by atoms with Crippen LogP contribution in [0.5, 0.6) is 0 Å². The van der Waals surface area contributed by atoms with Gasteiger partial charge >= 0.3 is 0 Å². The summed E-state index contributed by atoms with van der Waals surface area (Å²) in [5.41, 5.74) is 0.967. The summed E-state index contributed by atoms with van der Waals surface area (Å²) in [6.45, 7) is 1.79. The molecule has 0 fully saturated rings. The highest BCUT2D eigenvalue weighted by Crippen LogP contribution is 2.30. The molecule has 1 aromatic heterocycles. The summed E-state index contributed by atoms with van der Waals surface area (Å²) in [6.07, 6.45) is 1.42. The van der Waals surface area contributed by atoms with Crippen LogP contribution in [0.2, 0.25) is 0 Å². The molecule has 27 heavy (non-hydrogen) atoms. The third kappa shape index (κ3) is 3.85. The van der Waals surface area contributed by atoms with Crippen molar-refractivity contribution in [3.63, 3.8) is 0 Å². The van der Waals surface area contributed by atoms with Crippen molar-refractivity contribution in [3.05, 3.63) is 81.1 Å². The van der Waals surface area contributed by atoms with Crippen LogP contribution in [0.4, 0.5) is 10.1 Å². The fourth-order valence-corrected chi connectivity index (χ4v) is 3.53. The number of nitro benzene ring substituents is 1. The van der Waals surface area contributed by atoms with Gasteiger partial charge in [-0.2, -0.15) is 0 Å². The number of benzene rings is 2. The highest BCUT2D eigenvalue weighted by Gasteiger charge is 2.23. The first-order valence-corrected chi connectivity index (χ1v) is 8.92. The second kappa shape index (κ2) is 7.63. The van der Waals surface area contributed by atoms with Gasteiger partial charge < -0.3 is 4.90 Å². The van der Waals surface area contributed by atoms with E-state index in [1.165, 1.54) is 29.3 Å². The Morgan fingerprint density at radius 3 is 2.70 bits per heavy atom. The quantitative estimate of drug-likeness (QED) is 0.472. The van der Waals surface area contributed by atoms with Crippen LogP contribution in [-0.4, -0.2) is 27.8 Å². The van der Waals surface area contributed by atoms with Crippen molar-refractivity contribution in [1.29, 1.82) is 0 Å². The average molecular weight is 385 g/mol. The van der Waals surface area contributed by atoms with Crippen LogP contribution in [-0.2, 0) is 0 Å². The maximum absolute atomic E-state index is 13.9. The predicted molar refractivity (Wildman–Crippen MR) is 101 cm³/mol. The molecule has 8 heteroatoms. The lowest BCUT2D eigenvalue weighted by Gasteiger charge is -2.24. The lowest BCUT2D eigenvalue weighted by molar-refractivity contribution is -0.384. The van der Waals surface area contributed by atoms with Gasteiger partial charge in [-0.05, 0) is 24.6 Å². The van der Waals surface area contributed by atoms with Crippen molar-refractivity contribution in [2.45, 2.75) is 13.0 Å². The highest BCUT2D eigenvalue weighted by molar-refractivity contribution is 7.16. The number of carbonyl (C=O) groups is 1. The summed E-state index contributed by atoms with van der Waals surface area (Å²) in [7, 11) is 1.62. The number of thiazole rings is 1. The monoisotopic (exact) mass is 385 g/mol. The number of nitro groups is 1. The van der Waals surface area contributed by atoms with Crippen molar-refractivity contribution >= 4 is 22.9 Å². The van der Waals surface area contributed by atoms with Crippen molar-refractivity contribution in [2.75, 3.05) is 7.05 Å². The molecule has 0 aliphatic heterocycles. The van der Waals surface area contributed by atoms with Crippen molar-refractivity contribution in [1.82, 2.24) is 9.88 Å². The van der Waals surface area contributed by atoms with E-state index in [1.807, 2.05) is 0 Å². The molecule has 1 heterocycles. The Hall–Kier alpha value is -3.13. The molecule has 6 nitrogen and oxygen atoms in total. The van der Waals surface area contributed by atoms with E-state index in [1.54, 1.807) is 44.3 Å². The zero-order chi connectivity index (χ0) is 19.6. The molecule has 0 bridgehead atoms. The van der Waals surface area contributed by atoms with E-state index in [9.17, 15) is 19.3 Å². The first kappa shape index (κ1) is 18.7. The molecule has 0 saturated heterocycles. The molecule has 0 aliphatic rings. The van der Waals surface area contributed by atoms with E-state index in [-0.39, 0.29) is 17.6 Å². The molecule has 138 valence electrons. The summed E-state index contributed by atoms with van der Waals surface area (Å²) in [6, 6.07) is 12.0. The lowest BCUT2D eigenvalue weighted by Crippen LogP contribution is -2.29. The third-order valence-corrected chi connectivity index (χ3v) is 5.30. The van der Waals surface area contributed by atoms with E-state index >= 15 is 0 Å². The van der Waals surface area contributed by atoms with Crippen LogP contribution in [0.25, 0.3) is 10.6 Å². The average Bonchev–Trinajstić information content (AvgIpc) is 3.16. The molecular formula is C19H16FN3O3S. The smallest absolute Gasteiger partial charge is 0.269 e. The van der Waals surface area contributed by atoms with Crippen molar-refractivity contribution in [3.8, 4) is 10.6 Å². The number of non-ortho nitro benzene ring substituents is 1. The summed E-state index contributed by atoms with van der Waals surface area (Å²) in [5.74, 6) is -0.682. The van der Waals surface area contributed by atoms with Crippen molar-refractivity contribution in [2.24, 2.45) is 0 Å². The van der Waals surface area contributed by atoms with Gasteiger partial charge in [0.2, 0.25) is 0 Å². The molecule has 3 rings (SSSR count). The number of hydrogen-bond donors (Lipinski definition) is 0. The van der Waals surface area contributed by atoms with E-state index in [2.05, 4.69) is 4.98 Å². The maximum Gasteiger partial charge on any atom is 0.269 e. The van der Waals surface area contributed by atoms with E-state index in [0.29, 0.717) is 21.0 Å². The minimum absolute atomic E-state index is 0.0279. The van der Waals surface area contributed by atoms with Gasteiger partial charge in [0.05, 0.1) is 17.2 Å². The second-order valence-electron chi connectivity index (χ2n) is 5.95. The van der Waals surface area contributed by atoms with Crippen LogP contribution in [0, 0.1) is 15.9 Å². The molecule has 1 unspecified atom stereocenters. The number of nitrogens with zero attached hydrogens (tertiary/aromatic N) is 3. The van der Waals surface area contributed by atoms with Gasteiger partial charge in [0, 0.05) is 24.7 Å². The number of aromatic nitrogens is 1. The molecule has 0 aliphatic carbocycles. The van der Waals surface area contributed by atoms with Crippen LogP contribution in [0.3, 0.4) is 0 Å². The number of rotatable bonds is 5. The third-order valence-electron chi connectivity index (χ3n) is 4.29. The van der Waals surface area contributed by atoms with Gasteiger partial charge in [0.25, 0.3) is 11.6 Å². The largest absolute Gasteiger partial charge is 0.334 e. The number of amides is 1. The van der Waals surface area contributed by atoms with Gasteiger partial charge in [0.1, 0.15) is 15.7 Å². The Bertz CT molecular complexity index is 1010. The fraction of sp³-hybridized carbons (Fsp3) is 0.158. The van der Waals surface area contributed by atoms with Crippen molar-refractivity contribution < 1.29 is 14.1 Å². The van der Waals surface area contributed by atoms with E-state index in [0.717, 1.165) is 11.3 Å². The standard InChI is InChI=1S/C19H16FN3O3S/c1-12(13-6-5-7-14(10-13)23(25)26)22(2)19(24)17-11-21-18(27-17)15-8-3-4-9-16(15)20/h3-12H,1-2H3. The van der Waals surface area contributed by atoms with Crippen LogP contribution < -0.4 is 0 Å². The van der Waals surface area contributed by atoms with Crippen LogP contribution >= 0.6 is 11.3 Å². The molecule has 2 aromatic carbocycles. The van der Waals surface area contributed by atoms with Gasteiger partial charge in [0.15, 0.2) is 0 Å². The first-order valence-electron chi connectivity index (χ1n) is 8.10. The topological polar surface area (TPSA) is 76.3 Å². The Morgan fingerprint density at radius 1 is 1.26 bits per heavy atom. The Kier molecular flexibility index (Phi) is 5.27. The summed E-state index contributed by atoms with van der Waals surface area (Å²) in [5, 5.41) is 11.4. The Morgan fingerprint density at radius 2 is 2.00 bits per heavy atom. The van der Waals surface area contributed by atoms with Crippen LogP contribution in [0.1, 0.15) is 28.2 Å². The Balaban J connectivity index is 1.82.